The van der Waals surface area contributed by atoms with Crippen LogP contribution in [0.4, 0.5) is 5.82 Å². The summed E-state index contributed by atoms with van der Waals surface area (Å²) < 4.78 is 0. The van der Waals surface area contributed by atoms with Crippen molar-refractivity contribution in [2.75, 3.05) is 18.1 Å². The Morgan fingerprint density at radius 3 is 3.20 bits per heavy atom. The molecule has 5 heteroatoms. The number of nitrogens with zero attached hydrogens (tertiary/aromatic N) is 3. The van der Waals surface area contributed by atoms with Gasteiger partial charge in [0.25, 0.3) is 0 Å². The van der Waals surface area contributed by atoms with Crippen molar-refractivity contribution in [3.05, 3.63) is 17.5 Å². The van der Waals surface area contributed by atoms with Crippen molar-refractivity contribution in [2.45, 2.75) is 25.3 Å². The Balaban J connectivity index is 2.15. The molecule has 4 nitrogen and oxygen atoms in total. The third kappa shape index (κ3) is 2.38. The number of aromatic nitrogens is 2. The van der Waals surface area contributed by atoms with Crippen LogP contribution < -0.4 is 4.90 Å². The molecule has 0 aliphatic carbocycles. The van der Waals surface area contributed by atoms with Crippen LogP contribution in [0.1, 0.15) is 19.3 Å². The Morgan fingerprint density at radius 1 is 1.60 bits per heavy atom. The van der Waals surface area contributed by atoms with E-state index in [0.29, 0.717) is 6.04 Å². The molecule has 1 saturated heterocycles. The number of hydrogen-bond donors (Lipinski definition) is 1. The van der Waals surface area contributed by atoms with E-state index in [9.17, 15) is 0 Å². The van der Waals surface area contributed by atoms with E-state index >= 15 is 0 Å². The maximum Gasteiger partial charge on any atom is 0.224 e. The van der Waals surface area contributed by atoms with Crippen LogP contribution in [0, 0.1) is 0 Å². The van der Waals surface area contributed by atoms with E-state index in [1.54, 1.807) is 6.20 Å². The molecule has 0 spiro atoms. The fourth-order valence-electron chi connectivity index (χ4n) is 2.07. The van der Waals surface area contributed by atoms with Gasteiger partial charge in [0.1, 0.15) is 5.82 Å². The molecule has 1 aliphatic rings. The molecule has 1 atom stereocenters. The topological polar surface area (TPSA) is 49.2 Å². The summed E-state index contributed by atoms with van der Waals surface area (Å²) in [6.07, 6.45) is 4.72. The molecule has 1 aromatic heterocycles. The molecule has 82 valence electrons. The summed E-state index contributed by atoms with van der Waals surface area (Å²) in [6, 6.07) is 2.25. The van der Waals surface area contributed by atoms with Crippen LogP contribution in [-0.2, 0) is 0 Å². The summed E-state index contributed by atoms with van der Waals surface area (Å²) >= 11 is 5.75. The number of rotatable bonds is 3. The Labute approximate surface area is 93.9 Å². The van der Waals surface area contributed by atoms with E-state index in [1.165, 1.54) is 0 Å². The zero-order valence-corrected chi connectivity index (χ0v) is 9.19. The maximum atomic E-state index is 8.96. The molecule has 2 rings (SSSR count). The van der Waals surface area contributed by atoms with E-state index in [4.69, 9.17) is 16.7 Å². The normalized spacial score (nSPS) is 20.9. The van der Waals surface area contributed by atoms with Crippen molar-refractivity contribution < 1.29 is 5.11 Å². The van der Waals surface area contributed by atoms with Gasteiger partial charge in [-0.1, -0.05) is 0 Å². The monoisotopic (exact) mass is 227 g/mol. The zero-order chi connectivity index (χ0) is 10.7. The predicted molar refractivity (Wildman–Crippen MR) is 59.1 cm³/mol. The molecule has 15 heavy (non-hydrogen) atoms. The number of hydrogen-bond acceptors (Lipinski definition) is 4. The van der Waals surface area contributed by atoms with Gasteiger partial charge in [0.2, 0.25) is 5.28 Å². The molecule has 0 aromatic carbocycles. The van der Waals surface area contributed by atoms with E-state index in [-0.39, 0.29) is 11.9 Å². The van der Waals surface area contributed by atoms with Crippen molar-refractivity contribution in [1.82, 2.24) is 9.97 Å². The van der Waals surface area contributed by atoms with Crippen molar-refractivity contribution in [3.63, 3.8) is 0 Å². The van der Waals surface area contributed by atoms with Crippen molar-refractivity contribution in [2.24, 2.45) is 0 Å². The van der Waals surface area contributed by atoms with Crippen molar-refractivity contribution in [3.8, 4) is 0 Å². The minimum atomic E-state index is 0.222. The van der Waals surface area contributed by atoms with Gasteiger partial charge in [-0.05, 0) is 36.9 Å². The molecule has 0 radical (unpaired) electrons. The molecule has 1 aromatic rings. The first-order valence-electron chi connectivity index (χ1n) is 5.17. The summed E-state index contributed by atoms with van der Waals surface area (Å²) in [5.74, 6) is 0.867. The van der Waals surface area contributed by atoms with Crippen LogP contribution in [-0.4, -0.2) is 34.3 Å². The Bertz CT molecular complexity index is 334. The average molecular weight is 228 g/mol. The Hall–Kier alpha value is -0.870. The largest absolute Gasteiger partial charge is 0.396 e. The molecular formula is C10H14ClN3O. The molecule has 0 amide bonds. The first-order valence-corrected chi connectivity index (χ1v) is 5.55. The lowest BCUT2D eigenvalue weighted by atomic mass is 10.1. The lowest BCUT2D eigenvalue weighted by molar-refractivity contribution is 0.275. The van der Waals surface area contributed by atoms with Crippen molar-refractivity contribution >= 4 is 17.4 Å². The number of aliphatic hydroxyl groups excluding tert-OH is 1. The van der Waals surface area contributed by atoms with E-state index in [0.717, 1.165) is 31.6 Å². The van der Waals surface area contributed by atoms with Crippen LogP contribution in [0.15, 0.2) is 12.3 Å². The van der Waals surface area contributed by atoms with Gasteiger partial charge in [-0.3, -0.25) is 0 Å². The van der Waals surface area contributed by atoms with Crippen LogP contribution in [0.3, 0.4) is 0 Å². The molecule has 1 fully saturated rings. The minimum Gasteiger partial charge on any atom is -0.396 e. The predicted octanol–water partition coefficient (Wildman–Crippen LogP) is 1.48. The Kier molecular flexibility index (Phi) is 3.38. The lowest BCUT2D eigenvalue weighted by Gasteiger charge is -2.24. The van der Waals surface area contributed by atoms with Gasteiger partial charge in [-0.25, -0.2) is 9.97 Å². The molecular weight excluding hydrogens is 214 g/mol. The highest BCUT2D eigenvalue weighted by atomic mass is 35.5. The number of aliphatic hydroxyl groups is 1. The van der Waals surface area contributed by atoms with Gasteiger partial charge >= 0.3 is 0 Å². The molecule has 0 bridgehead atoms. The average Bonchev–Trinajstić information content (AvgIpc) is 2.66. The molecule has 1 unspecified atom stereocenters. The highest BCUT2D eigenvalue weighted by Crippen LogP contribution is 2.25. The van der Waals surface area contributed by atoms with Crippen LogP contribution in [0.25, 0.3) is 0 Å². The second kappa shape index (κ2) is 4.77. The zero-order valence-electron chi connectivity index (χ0n) is 8.43. The minimum absolute atomic E-state index is 0.222. The van der Waals surface area contributed by atoms with Gasteiger partial charge in [0.15, 0.2) is 0 Å². The number of anilines is 1. The van der Waals surface area contributed by atoms with Crippen LogP contribution >= 0.6 is 11.6 Å². The first-order chi connectivity index (χ1) is 7.31. The van der Waals surface area contributed by atoms with Gasteiger partial charge in [0.05, 0.1) is 0 Å². The van der Waals surface area contributed by atoms with Crippen LogP contribution in [0.5, 0.6) is 0 Å². The molecule has 2 heterocycles. The van der Waals surface area contributed by atoms with E-state index < -0.39 is 0 Å². The number of halogens is 1. The lowest BCUT2D eigenvalue weighted by Crippen LogP contribution is -2.30. The standard InChI is InChI=1S/C10H14ClN3O/c11-10-12-5-3-9(13-10)14-6-1-2-8(14)4-7-15/h3,5,8,15H,1-2,4,6-7H2. The fourth-order valence-corrected chi connectivity index (χ4v) is 2.22. The third-order valence-electron chi connectivity index (χ3n) is 2.75. The SMILES string of the molecule is OCCC1CCCN1c1ccnc(Cl)n1. The van der Waals surface area contributed by atoms with Crippen LogP contribution in [0.2, 0.25) is 5.28 Å². The summed E-state index contributed by atoms with van der Waals surface area (Å²) in [7, 11) is 0. The van der Waals surface area contributed by atoms with E-state index in [2.05, 4.69) is 14.9 Å². The first kappa shape index (κ1) is 10.6. The molecule has 1 N–H and O–H groups in total. The van der Waals surface area contributed by atoms with Gasteiger partial charge in [-0.2, -0.15) is 0 Å². The quantitative estimate of drug-likeness (QED) is 0.795. The molecule has 1 aliphatic heterocycles. The van der Waals surface area contributed by atoms with Crippen molar-refractivity contribution in [1.29, 1.82) is 0 Å². The second-order valence-corrected chi connectivity index (χ2v) is 4.02. The molecule has 0 saturated carbocycles. The van der Waals surface area contributed by atoms with Gasteiger partial charge in [-0.15, -0.1) is 0 Å². The summed E-state index contributed by atoms with van der Waals surface area (Å²) in [5.41, 5.74) is 0. The smallest absolute Gasteiger partial charge is 0.224 e. The fraction of sp³-hybridized carbons (Fsp3) is 0.600. The highest BCUT2D eigenvalue weighted by molar-refractivity contribution is 6.28. The van der Waals surface area contributed by atoms with E-state index in [1.807, 2.05) is 6.07 Å². The highest BCUT2D eigenvalue weighted by Gasteiger charge is 2.25. The van der Waals surface area contributed by atoms with Gasteiger partial charge in [0, 0.05) is 25.4 Å². The summed E-state index contributed by atoms with van der Waals surface area (Å²) in [5, 5.41) is 9.24. The second-order valence-electron chi connectivity index (χ2n) is 3.69. The Morgan fingerprint density at radius 2 is 2.47 bits per heavy atom. The summed E-state index contributed by atoms with van der Waals surface area (Å²) in [4.78, 5) is 10.2. The third-order valence-corrected chi connectivity index (χ3v) is 2.93. The maximum absolute atomic E-state index is 8.96. The summed E-state index contributed by atoms with van der Waals surface area (Å²) in [6.45, 7) is 1.21. The van der Waals surface area contributed by atoms with Gasteiger partial charge < -0.3 is 10.0 Å².